The van der Waals surface area contributed by atoms with Gasteiger partial charge in [0.05, 0.1) is 0 Å². The highest BCUT2D eigenvalue weighted by atomic mass is 32.2. The summed E-state index contributed by atoms with van der Waals surface area (Å²) in [6, 6.07) is 0. The number of carbonyl (C=O) groups is 1. The smallest absolute Gasteiger partial charge is 0.243 e. The molecule has 0 aliphatic carbocycles. The van der Waals surface area contributed by atoms with E-state index in [0.717, 1.165) is 6.26 Å². The molecule has 0 bridgehead atoms. The van der Waals surface area contributed by atoms with Crippen molar-refractivity contribution in [2.24, 2.45) is 16.8 Å². The highest BCUT2D eigenvalue weighted by molar-refractivity contribution is 7.92. The number of hydrogen-bond acceptors (Lipinski definition) is 5. The van der Waals surface area contributed by atoms with Crippen LogP contribution in [0.2, 0.25) is 0 Å². The van der Waals surface area contributed by atoms with E-state index in [9.17, 15) is 13.2 Å². The van der Waals surface area contributed by atoms with Crippen LogP contribution in [0, 0.1) is 5.92 Å². The minimum absolute atomic E-state index is 0.00758. The zero-order valence-corrected chi connectivity index (χ0v) is 12.2. The summed E-state index contributed by atoms with van der Waals surface area (Å²) in [5.74, 6) is -0.895. The van der Waals surface area contributed by atoms with E-state index in [2.05, 4.69) is 5.16 Å². The quantitative estimate of drug-likeness (QED) is 0.309. The third kappa shape index (κ3) is 3.59. The summed E-state index contributed by atoms with van der Waals surface area (Å²) in [6.45, 7) is 4.56. The zero-order chi connectivity index (χ0) is 14.7. The van der Waals surface area contributed by atoms with Gasteiger partial charge in [-0.2, -0.15) is 0 Å². The van der Waals surface area contributed by atoms with Crippen LogP contribution in [0.15, 0.2) is 5.16 Å². The topological polar surface area (TPSA) is 113 Å². The molecule has 7 nitrogen and oxygen atoms in total. The maximum absolute atomic E-state index is 12.1. The van der Waals surface area contributed by atoms with E-state index in [1.165, 1.54) is 25.8 Å². The molecule has 3 N–H and O–H groups in total. The van der Waals surface area contributed by atoms with Gasteiger partial charge in [0, 0.05) is 25.8 Å². The highest BCUT2D eigenvalue weighted by Crippen LogP contribution is 2.18. The molecule has 1 unspecified atom stereocenters. The normalized spacial score (nSPS) is 15.3. The van der Waals surface area contributed by atoms with Crippen molar-refractivity contribution >= 4 is 21.6 Å². The molecule has 0 aromatic carbocycles. The summed E-state index contributed by atoms with van der Waals surface area (Å²) in [6.07, 6.45) is 1.02. The van der Waals surface area contributed by atoms with Crippen LogP contribution in [-0.2, 0) is 14.6 Å². The molecule has 0 radical (unpaired) electrons. The van der Waals surface area contributed by atoms with Crippen molar-refractivity contribution < 1.29 is 18.4 Å². The van der Waals surface area contributed by atoms with Crippen molar-refractivity contribution in [3.05, 3.63) is 0 Å². The van der Waals surface area contributed by atoms with E-state index in [1.54, 1.807) is 6.92 Å². The molecule has 0 aromatic rings. The minimum Gasteiger partial charge on any atom is -0.409 e. The number of sulfone groups is 1. The van der Waals surface area contributed by atoms with Gasteiger partial charge in [-0.15, -0.1) is 0 Å². The summed E-state index contributed by atoms with van der Waals surface area (Å²) >= 11 is 0. The van der Waals surface area contributed by atoms with Crippen LogP contribution in [0.5, 0.6) is 0 Å². The standard InChI is InChI=1S/C10H21N3O4S/c1-7(8(11)12-15)6-13(4)9(14)10(2,3)18(5,16)17/h7,15H,6H2,1-5H3,(H2,11,12). The van der Waals surface area contributed by atoms with Gasteiger partial charge < -0.3 is 15.8 Å². The number of amides is 1. The lowest BCUT2D eigenvalue weighted by Gasteiger charge is -2.29. The molecule has 0 rings (SSSR count). The summed E-state index contributed by atoms with van der Waals surface area (Å²) < 4.78 is 21.6. The summed E-state index contributed by atoms with van der Waals surface area (Å²) in [5, 5.41) is 11.4. The van der Waals surface area contributed by atoms with E-state index < -0.39 is 20.5 Å². The van der Waals surface area contributed by atoms with Crippen LogP contribution >= 0.6 is 0 Å². The maximum atomic E-state index is 12.1. The Morgan fingerprint density at radius 2 is 1.94 bits per heavy atom. The van der Waals surface area contributed by atoms with E-state index in [4.69, 9.17) is 10.9 Å². The Labute approximate surface area is 108 Å². The van der Waals surface area contributed by atoms with Crippen LogP contribution in [-0.4, -0.2) is 54.9 Å². The number of carbonyl (C=O) groups excluding carboxylic acids is 1. The molecule has 1 amide bonds. The second-order valence-corrected chi connectivity index (χ2v) is 7.46. The van der Waals surface area contributed by atoms with Crippen LogP contribution in [0.1, 0.15) is 20.8 Å². The first kappa shape index (κ1) is 16.7. The third-order valence-electron chi connectivity index (χ3n) is 2.96. The molecular formula is C10H21N3O4S. The van der Waals surface area contributed by atoms with E-state index in [1.807, 2.05) is 0 Å². The average molecular weight is 279 g/mol. The lowest BCUT2D eigenvalue weighted by molar-refractivity contribution is -0.132. The van der Waals surface area contributed by atoms with Gasteiger partial charge >= 0.3 is 0 Å². The molecule has 8 heteroatoms. The molecule has 0 saturated carbocycles. The van der Waals surface area contributed by atoms with Crippen molar-refractivity contribution in [2.75, 3.05) is 19.8 Å². The number of nitrogens with two attached hydrogens (primary N) is 1. The lowest BCUT2D eigenvalue weighted by Crippen LogP contribution is -2.50. The van der Waals surface area contributed by atoms with Gasteiger partial charge in [-0.1, -0.05) is 12.1 Å². The van der Waals surface area contributed by atoms with Crippen molar-refractivity contribution in [1.82, 2.24) is 4.90 Å². The minimum atomic E-state index is -3.51. The molecule has 0 saturated heterocycles. The van der Waals surface area contributed by atoms with Gasteiger partial charge in [-0.05, 0) is 13.8 Å². The molecule has 0 fully saturated rings. The third-order valence-corrected chi connectivity index (χ3v) is 4.99. The Kier molecular flexibility index (Phi) is 5.15. The van der Waals surface area contributed by atoms with Crippen molar-refractivity contribution in [2.45, 2.75) is 25.5 Å². The molecule has 0 spiro atoms. The Bertz CT molecular complexity index is 442. The molecule has 18 heavy (non-hydrogen) atoms. The predicted octanol–water partition coefficient (Wildman–Crippen LogP) is -0.349. The van der Waals surface area contributed by atoms with Crippen molar-refractivity contribution in [3.8, 4) is 0 Å². The highest BCUT2D eigenvalue weighted by Gasteiger charge is 2.40. The predicted molar refractivity (Wildman–Crippen MR) is 69.1 cm³/mol. The van der Waals surface area contributed by atoms with Crippen molar-refractivity contribution in [1.29, 1.82) is 0 Å². The lowest BCUT2D eigenvalue weighted by atomic mass is 10.1. The van der Waals surface area contributed by atoms with Crippen molar-refractivity contribution in [3.63, 3.8) is 0 Å². The fraction of sp³-hybridized carbons (Fsp3) is 0.800. The maximum Gasteiger partial charge on any atom is 0.243 e. The summed E-state index contributed by atoms with van der Waals surface area (Å²) in [4.78, 5) is 13.3. The molecule has 1 atom stereocenters. The van der Waals surface area contributed by atoms with Crippen LogP contribution in [0.25, 0.3) is 0 Å². The van der Waals surface area contributed by atoms with Crippen LogP contribution < -0.4 is 5.73 Å². The molecule has 0 heterocycles. The first-order valence-electron chi connectivity index (χ1n) is 5.37. The Hall–Kier alpha value is -1.31. The first-order chi connectivity index (χ1) is 7.95. The Balaban J connectivity index is 4.94. The van der Waals surface area contributed by atoms with E-state index in [0.29, 0.717) is 0 Å². The van der Waals surface area contributed by atoms with Gasteiger partial charge in [0.25, 0.3) is 0 Å². The molecule has 0 aromatic heterocycles. The van der Waals surface area contributed by atoms with Crippen LogP contribution in [0.4, 0.5) is 0 Å². The summed E-state index contributed by atoms with van der Waals surface area (Å²) in [7, 11) is -2.03. The largest absolute Gasteiger partial charge is 0.409 e. The van der Waals surface area contributed by atoms with Crippen LogP contribution in [0.3, 0.4) is 0 Å². The second-order valence-electron chi connectivity index (χ2n) is 4.89. The van der Waals surface area contributed by atoms with Gasteiger partial charge in [-0.3, -0.25) is 4.79 Å². The number of rotatable bonds is 5. The number of oxime groups is 1. The fourth-order valence-electron chi connectivity index (χ4n) is 1.30. The molecule has 106 valence electrons. The van der Waals surface area contributed by atoms with E-state index in [-0.39, 0.29) is 18.3 Å². The number of nitrogens with zero attached hydrogens (tertiary/aromatic N) is 2. The second kappa shape index (κ2) is 5.55. The average Bonchev–Trinajstić information content (AvgIpc) is 2.24. The van der Waals surface area contributed by atoms with Gasteiger partial charge in [-0.25, -0.2) is 8.42 Å². The molecule has 0 aliphatic rings. The summed E-state index contributed by atoms with van der Waals surface area (Å²) in [5.41, 5.74) is 5.40. The van der Waals surface area contributed by atoms with Gasteiger partial charge in [0.1, 0.15) is 10.6 Å². The zero-order valence-electron chi connectivity index (χ0n) is 11.3. The van der Waals surface area contributed by atoms with Gasteiger partial charge in [0.15, 0.2) is 9.84 Å². The SMILES string of the molecule is CC(CN(C)C(=O)C(C)(C)S(C)(=O)=O)C(N)=NO. The molecular weight excluding hydrogens is 258 g/mol. The Morgan fingerprint density at radius 1 is 1.50 bits per heavy atom. The Morgan fingerprint density at radius 3 is 2.28 bits per heavy atom. The molecule has 0 aliphatic heterocycles. The number of hydrogen-bond donors (Lipinski definition) is 2. The van der Waals surface area contributed by atoms with E-state index >= 15 is 0 Å². The number of amidine groups is 1. The monoisotopic (exact) mass is 279 g/mol. The fourth-order valence-corrected chi connectivity index (χ4v) is 1.78. The van der Waals surface area contributed by atoms with Gasteiger partial charge in [0.2, 0.25) is 5.91 Å². The first-order valence-corrected chi connectivity index (χ1v) is 7.26.